The summed E-state index contributed by atoms with van der Waals surface area (Å²) in [5, 5.41) is 18.6. The molecule has 0 aliphatic heterocycles. The predicted octanol–water partition coefficient (Wildman–Crippen LogP) is 2.81. The van der Waals surface area contributed by atoms with Crippen molar-refractivity contribution in [2.45, 2.75) is 30.5 Å². The largest absolute Gasteiger partial charge is 0.481 e. The first-order chi connectivity index (χ1) is 9.69. The zero-order valence-electron chi connectivity index (χ0n) is 10.7. The van der Waals surface area contributed by atoms with E-state index in [2.05, 4.69) is 15.6 Å². The summed E-state index contributed by atoms with van der Waals surface area (Å²) < 4.78 is 2.10. The third-order valence-electron chi connectivity index (χ3n) is 3.55. The molecule has 6 heteroatoms. The van der Waals surface area contributed by atoms with Gasteiger partial charge in [0, 0.05) is 6.04 Å². The molecule has 1 saturated carbocycles. The number of rotatable bonds is 4. The summed E-state index contributed by atoms with van der Waals surface area (Å²) in [4.78, 5) is 15.3. The summed E-state index contributed by atoms with van der Waals surface area (Å²) >= 11 is 1.24. The highest BCUT2D eigenvalue weighted by atomic mass is 32.2. The van der Waals surface area contributed by atoms with Gasteiger partial charge in [-0.3, -0.25) is 4.79 Å². The van der Waals surface area contributed by atoms with E-state index in [1.54, 1.807) is 6.07 Å². The van der Waals surface area contributed by atoms with Crippen LogP contribution in [0.5, 0.6) is 0 Å². The van der Waals surface area contributed by atoms with Crippen LogP contribution in [0.25, 0.3) is 11.0 Å². The van der Waals surface area contributed by atoms with E-state index < -0.39 is 5.97 Å². The van der Waals surface area contributed by atoms with Crippen molar-refractivity contribution in [2.75, 3.05) is 5.75 Å². The van der Waals surface area contributed by atoms with Gasteiger partial charge in [-0.25, -0.2) is 4.98 Å². The second-order valence-electron chi connectivity index (χ2n) is 4.85. The number of aliphatic carboxylic acids is 1. The highest BCUT2D eigenvalue weighted by molar-refractivity contribution is 7.99. The van der Waals surface area contributed by atoms with Crippen LogP contribution in [0.1, 0.15) is 30.9 Å². The van der Waals surface area contributed by atoms with Crippen LogP contribution in [-0.2, 0) is 4.79 Å². The van der Waals surface area contributed by atoms with Crippen LogP contribution in [0.4, 0.5) is 0 Å². The van der Waals surface area contributed by atoms with Crippen molar-refractivity contribution < 1.29 is 9.90 Å². The van der Waals surface area contributed by atoms with Crippen LogP contribution in [0, 0.1) is 11.3 Å². The SMILES string of the molecule is N#Cc1ccc2nc(SCC(=O)O)n(C3CCC3)c2c1. The van der Waals surface area contributed by atoms with Gasteiger partial charge in [-0.2, -0.15) is 5.26 Å². The number of hydrogen-bond donors (Lipinski definition) is 1. The minimum atomic E-state index is -0.847. The van der Waals surface area contributed by atoms with Crippen molar-refractivity contribution >= 4 is 28.8 Å². The summed E-state index contributed by atoms with van der Waals surface area (Å²) in [6.45, 7) is 0. The number of hydrogen-bond acceptors (Lipinski definition) is 4. The molecule has 1 heterocycles. The van der Waals surface area contributed by atoms with Crippen molar-refractivity contribution in [3.8, 4) is 6.07 Å². The van der Waals surface area contributed by atoms with E-state index in [1.165, 1.54) is 18.2 Å². The molecule has 1 aromatic heterocycles. The Bertz CT molecular complexity index is 713. The fraction of sp³-hybridized carbons (Fsp3) is 0.357. The monoisotopic (exact) mass is 287 g/mol. The minimum absolute atomic E-state index is 0.00114. The van der Waals surface area contributed by atoms with Gasteiger partial charge in [0.25, 0.3) is 0 Å². The summed E-state index contributed by atoms with van der Waals surface area (Å²) in [6, 6.07) is 7.93. The first-order valence-electron chi connectivity index (χ1n) is 6.45. The first kappa shape index (κ1) is 13.0. The van der Waals surface area contributed by atoms with E-state index in [4.69, 9.17) is 10.4 Å². The number of carboxylic acids is 1. The Morgan fingerprint density at radius 3 is 2.95 bits per heavy atom. The lowest BCUT2D eigenvalue weighted by atomic mass is 9.93. The standard InChI is InChI=1S/C14H13N3O2S/c15-7-9-4-5-11-12(6-9)17(10-2-1-3-10)14(16-11)20-8-13(18)19/h4-6,10H,1-3,8H2,(H,18,19). The van der Waals surface area contributed by atoms with Gasteiger partial charge < -0.3 is 9.67 Å². The van der Waals surface area contributed by atoms with Crippen molar-refractivity contribution in [2.24, 2.45) is 0 Å². The van der Waals surface area contributed by atoms with E-state index in [-0.39, 0.29) is 5.75 Å². The highest BCUT2D eigenvalue weighted by Crippen LogP contribution is 2.38. The zero-order valence-corrected chi connectivity index (χ0v) is 11.6. The summed E-state index contributed by atoms with van der Waals surface area (Å²) in [5.74, 6) is -0.846. The summed E-state index contributed by atoms with van der Waals surface area (Å²) in [6.07, 6.45) is 3.36. The molecule has 20 heavy (non-hydrogen) atoms. The average molecular weight is 287 g/mol. The van der Waals surface area contributed by atoms with Gasteiger partial charge in [0.15, 0.2) is 5.16 Å². The number of imidazole rings is 1. The Hall–Kier alpha value is -2.00. The fourth-order valence-corrected chi connectivity index (χ4v) is 3.17. The van der Waals surface area contributed by atoms with Crippen molar-refractivity contribution in [1.82, 2.24) is 9.55 Å². The Balaban J connectivity index is 2.08. The van der Waals surface area contributed by atoms with Crippen LogP contribution in [0.3, 0.4) is 0 Å². The molecule has 1 aliphatic rings. The number of nitrogens with zero attached hydrogens (tertiary/aromatic N) is 3. The van der Waals surface area contributed by atoms with E-state index in [9.17, 15) is 4.79 Å². The normalized spacial score (nSPS) is 14.9. The molecule has 102 valence electrons. The van der Waals surface area contributed by atoms with Gasteiger partial charge in [0.05, 0.1) is 28.4 Å². The fourth-order valence-electron chi connectivity index (χ4n) is 2.37. The second kappa shape index (κ2) is 5.17. The topological polar surface area (TPSA) is 78.9 Å². The lowest BCUT2D eigenvalue weighted by molar-refractivity contribution is -0.133. The van der Waals surface area contributed by atoms with Gasteiger partial charge in [-0.1, -0.05) is 11.8 Å². The number of nitriles is 1. The smallest absolute Gasteiger partial charge is 0.313 e. The molecule has 1 fully saturated rings. The molecule has 1 aromatic carbocycles. The number of fused-ring (bicyclic) bond motifs is 1. The number of aromatic nitrogens is 2. The van der Waals surface area contributed by atoms with Crippen LogP contribution < -0.4 is 0 Å². The van der Waals surface area contributed by atoms with Gasteiger partial charge in [-0.05, 0) is 37.5 Å². The minimum Gasteiger partial charge on any atom is -0.481 e. The Morgan fingerprint density at radius 2 is 2.35 bits per heavy atom. The molecule has 0 saturated heterocycles. The molecule has 5 nitrogen and oxygen atoms in total. The van der Waals surface area contributed by atoms with Crippen molar-refractivity contribution in [1.29, 1.82) is 5.26 Å². The average Bonchev–Trinajstić information content (AvgIpc) is 2.72. The number of carbonyl (C=O) groups is 1. The van der Waals surface area contributed by atoms with Crippen LogP contribution >= 0.6 is 11.8 Å². The summed E-state index contributed by atoms with van der Waals surface area (Å²) in [7, 11) is 0. The molecule has 0 spiro atoms. The lowest BCUT2D eigenvalue weighted by Crippen LogP contribution is -2.18. The maximum Gasteiger partial charge on any atom is 0.313 e. The maximum atomic E-state index is 10.8. The van der Waals surface area contributed by atoms with E-state index >= 15 is 0 Å². The summed E-state index contributed by atoms with van der Waals surface area (Å²) in [5.41, 5.74) is 2.36. The molecule has 1 N–H and O–H groups in total. The predicted molar refractivity (Wildman–Crippen MR) is 75.7 cm³/mol. The van der Waals surface area contributed by atoms with Gasteiger partial charge >= 0.3 is 5.97 Å². The maximum absolute atomic E-state index is 10.8. The Morgan fingerprint density at radius 1 is 1.55 bits per heavy atom. The molecule has 0 unspecified atom stereocenters. The highest BCUT2D eigenvalue weighted by Gasteiger charge is 2.25. The second-order valence-corrected chi connectivity index (χ2v) is 5.79. The van der Waals surface area contributed by atoms with Crippen molar-refractivity contribution in [3.05, 3.63) is 23.8 Å². The third-order valence-corrected chi connectivity index (χ3v) is 4.49. The quantitative estimate of drug-likeness (QED) is 0.875. The molecule has 2 aromatic rings. The number of benzene rings is 1. The molecular formula is C14H13N3O2S. The van der Waals surface area contributed by atoms with Crippen LogP contribution in [0.15, 0.2) is 23.4 Å². The third kappa shape index (κ3) is 2.25. The molecule has 0 bridgehead atoms. The zero-order chi connectivity index (χ0) is 14.1. The molecule has 0 radical (unpaired) electrons. The number of carboxylic acid groups (broad SMARTS) is 1. The first-order valence-corrected chi connectivity index (χ1v) is 7.44. The van der Waals surface area contributed by atoms with Gasteiger partial charge in [0.2, 0.25) is 0 Å². The van der Waals surface area contributed by atoms with E-state index in [0.29, 0.717) is 11.6 Å². The van der Waals surface area contributed by atoms with Crippen LogP contribution in [-0.4, -0.2) is 26.4 Å². The van der Waals surface area contributed by atoms with E-state index in [0.717, 1.165) is 29.0 Å². The van der Waals surface area contributed by atoms with Gasteiger partial charge in [0.1, 0.15) is 0 Å². The molecule has 0 amide bonds. The molecule has 1 aliphatic carbocycles. The molecular weight excluding hydrogens is 274 g/mol. The molecule has 3 rings (SSSR count). The number of thioether (sulfide) groups is 1. The lowest BCUT2D eigenvalue weighted by Gasteiger charge is -2.28. The van der Waals surface area contributed by atoms with Crippen molar-refractivity contribution in [3.63, 3.8) is 0 Å². The Kier molecular flexibility index (Phi) is 3.36. The van der Waals surface area contributed by atoms with Gasteiger partial charge in [-0.15, -0.1) is 0 Å². The van der Waals surface area contributed by atoms with E-state index in [1.807, 2.05) is 12.1 Å². The van der Waals surface area contributed by atoms with Crippen LogP contribution in [0.2, 0.25) is 0 Å². The Labute approximate surface area is 120 Å². The molecule has 0 atom stereocenters.